The first-order valence-corrected chi connectivity index (χ1v) is 6.85. The van der Waals surface area contributed by atoms with Crippen molar-refractivity contribution in [2.45, 2.75) is 45.1 Å². The van der Waals surface area contributed by atoms with E-state index in [1.54, 1.807) is 0 Å². The summed E-state index contributed by atoms with van der Waals surface area (Å²) in [5.74, 6) is 3.57. The highest BCUT2D eigenvalue weighted by molar-refractivity contribution is 5.74. The van der Waals surface area contributed by atoms with Gasteiger partial charge >= 0.3 is 6.03 Å². The normalized spacial score (nSPS) is 42.9. The topological polar surface area (TPSA) is 41.1 Å². The van der Waals surface area contributed by atoms with Crippen molar-refractivity contribution in [3.05, 3.63) is 0 Å². The Hall–Kier alpha value is -0.730. The summed E-state index contributed by atoms with van der Waals surface area (Å²) in [6.45, 7) is 2.96. The molecule has 3 fully saturated rings. The number of carbonyl (C=O) groups is 1. The third-order valence-electron chi connectivity index (χ3n) is 4.85. The Bertz CT molecular complexity index is 276. The number of hydrogen-bond acceptors (Lipinski definition) is 1. The van der Waals surface area contributed by atoms with Crippen LogP contribution in [0.15, 0.2) is 0 Å². The zero-order chi connectivity index (χ0) is 11.1. The highest BCUT2D eigenvalue weighted by Crippen LogP contribution is 2.65. The lowest BCUT2D eigenvalue weighted by atomic mass is 10.0. The summed E-state index contributed by atoms with van der Waals surface area (Å²) in [5, 5.41) is 6.11. The van der Waals surface area contributed by atoms with Crippen molar-refractivity contribution in [3.8, 4) is 0 Å². The van der Waals surface area contributed by atoms with E-state index in [2.05, 4.69) is 17.6 Å². The van der Waals surface area contributed by atoms with E-state index >= 15 is 0 Å². The molecule has 4 atom stereocenters. The minimum atomic E-state index is 0.0623. The predicted molar refractivity (Wildman–Crippen MR) is 63.0 cm³/mol. The van der Waals surface area contributed by atoms with Gasteiger partial charge in [0.2, 0.25) is 0 Å². The van der Waals surface area contributed by atoms with Crippen molar-refractivity contribution in [2.24, 2.45) is 23.7 Å². The summed E-state index contributed by atoms with van der Waals surface area (Å²) in [4.78, 5) is 11.6. The van der Waals surface area contributed by atoms with Crippen molar-refractivity contribution >= 4 is 6.03 Å². The van der Waals surface area contributed by atoms with E-state index in [0.29, 0.717) is 6.04 Å². The van der Waals surface area contributed by atoms with Crippen LogP contribution in [0.1, 0.15) is 39.0 Å². The molecule has 3 rings (SSSR count). The summed E-state index contributed by atoms with van der Waals surface area (Å²) >= 11 is 0. The molecule has 2 N–H and O–H groups in total. The van der Waals surface area contributed by atoms with Gasteiger partial charge < -0.3 is 10.6 Å². The van der Waals surface area contributed by atoms with Crippen LogP contribution in [0, 0.1) is 23.7 Å². The number of fused-ring (bicyclic) bond motifs is 5. The summed E-state index contributed by atoms with van der Waals surface area (Å²) in [5.41, 5.74) is 0. The molecule has 0 saturated heterocycles. The van der Waals surface area contributed by atoms with E-state index in [-0.39, 0.29) is 6.03 Å². The molecule has 0 heterocycles. The number of hydrogen-bond donors (Lipinski definition) is 2. The Morgan fingerprint density at radius 3 is 2.56 bits per heavy atom. The predicted octanol–water partition coefficient (Wildman–Crippen LogP) is 2.13. The molecule has 3 aliphatic carbocycles. The molecule has 0 spiro atoms. The summed E-state index contributed by atoms with van der Waals surface area (Å²) in [7, 11) is 0. The Labute approximate surface area is 97.4 Å². The van der Waals surface area contributed by atoms with Gasteiger partial charge in [-0.2, -0.15) is 0 Å². The molecule has 0 unspecified atom stereocenters. The third-order valence-corrected chi connectivity index (χ3v) is 4.85. The number of nitrogens with one attached hydrogen (secondary N) is 2. The molecule has 3 saturated carbocycles. The Morgan fingerprint density at radius 1 is 1.25 bits per heavy atom. The lowest BCUT2D eigenvalue weighted by molar-refractivity contribution is 0.238. The summed E-state index contributed by atoms with van der Waals surface area (Å²) in [6.07, 6.45) is 6.50. The lowest BCUT2D eigenvalue weighted by Crippen LogP contribution is -2.39. The first kappa shape index (κ1) is 10.4. The van der Waals surface area contributed by atoms with Crippen LogP contribution in [-0.4, -0.2) is 18.6 Å². The summed E-state index contributed by atoms with van der Waals surface area (Å²) < 4.78 is 0. The molecule has 0 radical (unpaired) electrons. The average molecular weight is 222 g/mol. The summed E-state index contributed by atoms with van der Waals surface area (Å²) in [6, 6.07) is 0.583. The fourth-order valence-electron chi connectivity index (χ4n) is 4.10. The van der Waals surface area contributed by atoms with E-state index in [1.807, 2.05) is 0 Å². The van der Waals surface area contributed by atoms with E-state index in [1.165, 1.54) is 19.3 Å². The molecule has 16 heavy (non-hydrogen) atoms. The van der Waals surface area contributed by atoms with Crippen LogP contribution in [-0.2, 0) is 0 Å². The Balaban J connectivity index is 1.43. The van der Waals surface area contributed by atoms with Crippen molar-refractivity contribution in [3.63, 3.8) is 0 Å². The molecule has 3 nitrogen and oxygen atoms in total. The van der Waals surface area contributed by atoms with Crippen molar-refractivity contribution in [1.29, 1.82) is 0 Å². The van der Waals surface area contributed by atoms with Crippen LogP contribution in [0.2, 0.25) is 0 Å². The largest absolute Gasteiger partial charge is 0.338 e. The van der Waals surface area contributed by atoms with E-state index in [9.17, 15) is 4.79 Å². The molecule has 2 amide bonds. The molecule has 2 bridgehead atoms. The van der Waals surface area contributed by atoms with Gasteiger partial charge in [-0.1, -0.05) is 13.3 Å². The lowest BCUT2D eigenvalue weighted by Gasteiger charge is -2.11. The number of unbranched alkanes of at least 4 members (excludes halogenated alkanes) is 1. The van der Waals surface area contributed by atoms with Crippen LogP contribution in [0.25, 0.3) is 0 Å². The number of amides is 2. The number of carbonyl (C=O) groups excluding carboxylic acids is 1. The highest BCUT2D eigenvalue weighted by atomic mass is 16.2. The van der Waals surface area contributed by atoms with Gasteiger partial charge in [-0.3, -0.25) is 0 Å². The van der Waals surface area contributed by atoms with Crippen LogP contribution in [0.3, 0.4) is 0 Å². The Kier molecular flexibility index (Phi) is 2.56. The quantitative estimate of drug-likeness (QED) is 0.703. The number of rotatable bonds is 4. The van der Waals surface area contributed by atoms with E-state index in [4.69, 9.17) is 0 Å². The third kappa shape index (κ3) is 1.61. The standard InChI is InChI=1S/C13H22N2O/c1-2-3-6-14-13(16)15-12-10-8-4-5-9(7-8)11(10)12/h8-12H,2-7H2,1H3,(H2,14,15,16)/t8-,9-,10-,11-/m0/s1. The molecular formula is C13H22N2O. The molecule has 0 aromatic rings. The minimum Gasteiger partial charge on any atom is -0.338 e. The van der Waals surface area contributed by atoms with Gasteiger partial charge in [0, 0.05) is 12.6 Å². The Morgan fingerprint density at radius 2 is 1.94 bits per heavy atom. The fourth-order valence-corrected chi connectivity index (χ4v) is 4.10. The first-order chi connectivity index (χ1) is 7.81. The smallest absolute Gasteiger partial charge is 0.315 e. The second-order valence-electron chi connectivity index (χ2n) is 5.77. The zero-order valence-electron chi connectivity index (χ0n) is 10.0. The van der Waals surface area contributed by atoms with Crippen molar-refractivity contribution in [2.75, 3.05) is 6.54 Å². The van der Waals surface area contributed by atoms with Gasteiger partial charge in [0.1, 0.15) is 0 Å². The zero-order valence-corrected chi connectivity index (χ0v) is 10.0. The molecule has 90 valence electrons. The molecule has 0 aromatic heterocycles. The molecule has 0 aliphatic heterocycles. The molecular weight excluding hydrogens is 200 g/mol. The average Bonchev–Trinajstić information content (AvgIpc) is 2.70. The maximum absolute atomic E-state index is 11.6. The maximum atomic E-state index is 11.6. The van der Waals surface area contributed by atoms with E-state index in [0.717, 1.165) is 43.1 Å². The number of urea groups is 1. The molecule has 0 aromatic carbocycles. The maximum Gasteiger partial charge on any atom is 0.315 e. The molecule has 3 aliphatic rings. The first-order valence-electron chi connectivity index (χ1n) is 6.85. The second-order valence-corrected chi connectivity index (χ2v) is 5.77. The van der Waals surface area contributed by atoms with Gasteiger partial charge in [-0.15, -0.1) is 0 Å². The van der Waals surface area contributed by atoms with Gasteiger partial charge in [-0.25, -0.2) is 4.79 Å². The molecule has 3 heteroatoms. The van der Waals surface area contributed by atoms with Crippen LogP contribution in [0.5, 0.6) is 0 Å². The SMILES string of the molecule is CCCCNC(=O)NC1[C@H]2[C@H]3CC[C@@H](C3)[C@H]12. The van der Waals surface area contributed by atoms with Gasteiger partial charge in [0.05, 0.1) is 0 Å². The second kappa shape index (κ2) is 3.94. The van der Waals surface area contributed by atoms with Gasteiger partial charge in [0.25, 0.3) is 0 Å². The monoisotopic (exact) mass is 222 g/mol. The van der Waals surface area contributed by atoms with Gasteiger partial charge in [-0.05, 0) is 49.4 Å². The van der Waals surface area contributed by atoms with Crippen molar-refractivity contribution in [1.82, 2.24) is 10.6 Å². The van der Waals surface area contributed by atoms with Crippen LogP contribution in [0.4, 0.5) is 4.79 Å². The minimum absolute atomic E-state index is 0.0623. The van der Waals surface area contributed by atoms with Gasteiger partial charge in [0.15, 0.2) is 0 Å². The fraction of sp³-hybridized carbons (Fsp3) is 0.923. The van der Waals surface area contributed by atoms with Crippen molar-refractivity contribution < 1.29 is 4.79 Å². The van der Waals surface area contributed by atoms with E-state index < -0.39 is 0 Å². The highest BCUT2D eigenvalue weighted by Gasteiger charge is 2.65. The van der Waals surface area contributed by atoms with Crippen LogP contribution >= 0.6 is 0 Å². The van der Waals surface area contributed by atoms with Crippen LogP contribution < -0.4 is 10.6 Å².